The Kier molecular flexibility index (Phi) is 3.56. The maximum absolute atomic E-state index is 12.0. The Bertz CT molecular complexity index is 860. The van der Waals surface area contributed by atoms with Crippen LogP contribution in [0.25, 0.3) is 11.6 Å². The molecule has 0 atom stereocenters. The Morgan fingerprint density at radius 1 is 1.50 bits per heavy atom. The molecule has 3 aromatic heterocycles. The van der Waals surface area contributed by atoms with E-state index in [1.165, 1.54) is 0 Å². The van der Waals surface area contributed by atoms with Gasteiger partial charge in [-0.15, -0.1) is 5.10 Å². The zero-order valence-corrected chi connectivity index (χ0v) is 13.1. The first-order valence-electron chi connectivity index (χ1n) is 7.73. The Morgan fingerprint density at radius 3 is 3.12 bits per heavy atom. The third-order valence-corrected chi connectivity index (χ3v) is 3.76. The smallest absolute Gasteiger partial charge is 0.280 e. The van der Waals surface area contributed by atoms with Crippen LogP contribution in [0.15, 0.2) is 16.8 Å². The third-order valence-electron chi connectivity index (χ3n) is 3.76. The summed E-state index contributed by atoms with van der Waals surface area (Å²) in [6, 6.07) is 1.82. The Balaban J connectivity index is 1.30. The van der Waals surface area contributed by atoms with Gasteiger partial charge in [0.25, 0.3) is 11.8 Å². The number of H-pyrrole nitrogens is 1. The van der Waals surface area contributed by atoms with Crippen molar-refractivity contribution in [3.8, 4) is 11.6 Å². The molecule has 3 aromatic rings. The molecule has 0 aliphatic heterocycles. The van der Waals surface area contributed by atoms with E-state index in [2.05, 4.69) is 36.0 Å². The SMILES string of the molecule is Cc1noc(-c2cn(CCNC(=O)c3cc(C4CC4)[nH]n3)nn2)n1. The fourth-order valence-electron chi connectivity index (χ4n) is 2.34. The molecule has 124 valence electrons. The summed E-state index contributed by atoms with van der Waals surface area (Å²) in [4.78, 5) is 16.1. The average Bonchev–Trinajstić information content (AvgIpc) is 3.00. The lowest BCUT2D eigenvalue weighted by atomic mass is 10.2. The third kappa shape index (κ3) is 3.03. The van der Waals surface area contributed by atoms with Gasteiger partial charge in [-0.05, 0) is 25.8 Å². The monoisotopic (exact) mass is 328 g/mol. The number of nitrogens with one attached hydrogen (secondary N) is 2. The molecule has 0 saturated heterocycles. The standard InChI is InChI=1S/C14H16N8O2/c1-8-16-14(24-20-8)12-7-22(21-19-12)5-4-15-13(23)11-6-10(17-18-11)9-2-3-9/h6-7,9H,2-5H2,1H3,(H,15,23)(H,17,18). The van der Waals surface area contributed by atoms with Gasteiger partial charge in [0.2, 0.25) is 0 Å². The van der Waals surface area contributed by atoms with E-state index in [1.807, 2.05) is 6.07 Å². The number of aromatic amines is 1. The molecule has 0 unspecified atom stereocenters. The summed E-state index contributed by atoms with van der Waals surface area (Å²) in [5.74, 6) is 1.20. The molecule has 24 heavy (non-hydrogen) atoms. The summed E-state index contributed by atoms with van der Waals surface area (Å²) in [6.07, 6.45) is 4.02. The van der Waals surface area contributed by atoms with Gasteiger partial charge < -0.3 is 9.84 Å². The molecule has 4 rings (SSSR count). The molecule has 1 aliphatic rings. The van der Waals surface area contributed by atoms with Crippen LogP contribution >= 0.6 is 0 Å². The maximum Gasteiger partial charge on any atom is 0.280 e. The molecule has 10 nitrogen and oxygen atoms in total. The molecule has 0 bridgehead atoms. The number of carbonyl (C=O) groups excluding carboxylic acids is 1. The summed E-state index contributed by atoms with van der Waals surface area (Å²) in [6.45, 7) is 2.62. The van der Waals surface area contributed by atoms with Crippen molar-refractivity contribution in [1.82, 2.24) is 40.6 Å². The zero-order chi connectivity index (χ0) is 16.5. The zero-order valence-electron chi connectivity index (χ0n) is 13.1. The second kappa shape index (κ2) is 5.87. The fraction of sp³-hybridized carbons (Fsp3) is 0.429. The lowest BCUT2D eigenvalue weighted by Gasteiger charge is -2.02. The van der Waals surface area contributed by atoms with Crippen LogP contribution in [-0.2, 0) is 6.54 Å². The number of aromatic nitrogens is 7. The van der Waals surface area contributed by atoms with Gasteiger partial charge in [-0.25, -0.2) is 4.68 Å². The average molecular weight is 328 g/mol. The summed E-state index contributed by atoms with van der Waals surface area (Å²) in [5.41, 5.74) is 1.96. The molecular formula is C14H16N8O2. The summed E-state index contributed by atoms with van der Waals surface area (Å²) < 4.78 is 6.64. The minimum absolute atomic E-state index is 0.203. The second-order valence-corrected chi connectivity index (χ2v) is 5.75. The number of hydrogen-bond acceptors (Lipinski definition) is 7. The van der Waals surface area contributed by atoms with E-state index >= 15 is 0 Å². The van der Waals surface area contributed by atoms with Crippen LogP contribution < -0.4 is 5.32 Å². The molecule has 10 heteroatoms. The van der Waals surface area contributed by atoms with Crippen LogP contribution in [0.5, 0.6) is 0 Å². The predicted octanol–water partition coefficient (Wildman–Crippen LogP) is 0.667. The van der Waals surface area contributed by atoms with Gasteiger partial charge in [-0.1, -0.05) is 10.4 Å². The molecule has 2 N–H and O–H groups in total. The number of amides is 1. The van der Waals surface area contributed by atoms with Crippen molar-refractivity contribution >= 4 is 5.91 Å². The van der Waals surface area contributed by atoms with Crippen molar-refractivity contribution in [2.24, 2.45) is 0 Å². The molecule has 1 amide bonds. The Hall–Kier alpha value is -3.04. The van der Waals surface area contributed by atoms with Gasteiger partial charge in [0, 0.05) is 18.2 Å². The van der Waals surface area contributed by atoms with Crippen molar-refractivity contribution in [3.63, 3.8) is 0 Å². The van der Waals surface area contributed by atoms with Crippen molar-refractivity contribution in [2.75, 3.05) is 6.54 Å². The largest absolute Gasteiger partial charge is 0.349 e. The van der Waals surface area contributed by atoms with Crippen LogP contribution in [0.3, 0.4) is 0 Å². The van der Waals surface area contributed by atoms with E-state index in [9.17, 15) is 4.79 Å². The van der Waals surface area contributed by atoms with Gasteiger partial charge >= 0.3 is 0 Å². The highest BCUT2D eigenvalue weighted by atomic mass is 16.5. The minimum atomic E-state index is -0.203. The molecule has 0 radical (unpaired) electrons. The Labute approximate surface area is 136 Å². The van der Waals surface area contributed by atoms with Gasteiger partial charge in [0.05, 0.1) is 12.7 Å². The number of aryl methyl sites for hydroxylation is 1. The van der Waals surface area contributed by atoms with Gasteiger partial charge in [-0.3, -0.25) is 9.89 Å². The normalized spacial score (nSPS) is 14.0. The van der Waals surface area contributed by atoms with Crippen LogP contribution in [0.1, 0.15) is 40.8 Å². The molecule has 3 heterocycles. The van der Waals surface area contributed by atoms with Crippen molar-refractivity contribution in [2.45, 2.75) is 32.2 Å². The van der Waals surface area contributed by atoms with E-state index < -0.39 is 0 Å². The second-order valence-electron chi connectivity index (χ2n) is 5.75. The van der Waals surface area contributed by atoms with Crippen LogP contribution in [-0.4, -0.2) is 47.8 Å². The lowest BCUT2D eigenvalue weighted by molar-refractivity contribution is 0.0947. The van der Waals surface area contributed by atoms with E-state index in [-0.39, 0.29) is 5.91 Å². The van der Waals surface area contributed by atoms with Crippen molar-refractivity contribution < 1.29 is 9.32 Å². The molecule has 1 aliphatic carbocycles. The molecule has 0 aromatic carbocycles. The van der Waals surface area contributed by atoms with Gasteiger partial charge in [0.1, 0.15) is 5.69 Å². The minimum Gasteiger partial charge on any atom is -0.349 e. The van der Waals surface area contributed by atoms with Crippen LogP contribution in [0.4, 0.5) is 0 Å². The fourth-order valence-corrected chi connectivity index (χ4v) is 2.34. The number of carbonyl (C=O) groups is 1. The molecule has 0 spiro atoms. The molecule has 1 fully saturated rings. The molecule has 1 saturated carbocycles. The topological polar surface area (TPSA) is 127 Å². The summed E-state index contributed by atoms with van der Waals surface area (Å²) >= 11 is 0. The van der Waals surface area contributed by atoms with Crippen LogP contribution in [0, 0.1) is 6.92 Å². The number of hydrogen-bond donors (Lipinski definition) is 2. The first-order valence-corrected chi connectivity index (χ1v) is 7.73. The lowest BCUT2D eigenvalue weighted by Crippen LogP contribution is -2.27. The maximum atomic E-state index is 12.0. The summed E-state index contributed by atoms with van der Waals surface area (Å²) in [5, 5.41) is 21.4. The molecular weight excluding hydrogens is 312 g/mol. The first-order chi connectivity index (χ1) is 11.7. The van der Waals surface area contributed by atoms with E-state index in [0.717, 1.165) is 18.5 Å². The van der Waals surface area contributed by atoms with E-state index in [1.54, 1.807) is 17.8 Å². The predicted molar refractivity (Wildman–Crippen MR) is 80.9 cm³/mol. The highest BCUT2D eigenvalue weighted by Gasteiger charge is 2.26. The highest BCUT2D eigenvalue weighted by molar-refractivity contribution is 5.92. The number of nitrogens with zero attached hydrogens (tertiary/aromatic N) is 6. The van der Waals surface area contributed by atoms with Gasteiger partial charge in [0.15, 0.2) is 11.5 Å². The Morgan fingerprint density at radius 2 is 2.38 bits per heavy atom. The van der Waals surface area contributed by atoms with E-state index in [0.29, 0.717) is 42.1 Å². The van der Waals surface area contributed by atoms with E-state index in [4.69, 9.17) is 4.52 Å². The van der Waals surface area contributed by atoms with Crippen molar-refractivity contribution in [3.05, 3.63) is 29.5 Å². The summed E-state index contributed by atoms with van der Waals surface area (Å²) in [7, 11) is 0. The van der Waals surface area contributed by atoms with Gasteiger partial charge in [-0.2, -0.15) is 10.1 Å². The number of rotatable bonds is 6. The quantitative estimate of drug-likeness (QED) is 0.680. The van der Waals surface area contributed by atoms with Crippen LogP contribution in [0.2, 0.25) is 0 Å². The van der Waals surface area contributed by atoms with Crippen molar-refractivity contribution in [1.29, 1.82) is 0 Å². The highest BCUT2D eigenvalue weighted by Crippen LogP contribution is 2.38. The first kappa shape index (κ1) is 14.5.